The zero-order valence-corrected chi connectivity index (χ0v) is 29.9. The van der Waals surface area contributed by atoms with Crippen molar-refractivity contribution in [2.75, 3.05) is 22.9 Å². The van der Waals surface area contributed by atoms with Crippen molar-refractivity contribution in [2.45, 2.75) is 66.2 Å². The summed E-state index contributed by atoms with van der Waals surface area (Å²) in [5, 5.41) is 5.32. The Balaban J connectivity index is 1.38. The van der Waals surface area contributed by atoms with Crippen LogP contribution in [0, 0.1) is 27.7 Å². The fourth-order valence-electron chi connectivity index (χ4n) is 9.20. The summed E-state index contributed by atoms with van der Waals surface area (Å²) >= 11 is 0. The number of anilines is 3. The summed E-state index contributed by atoms with van der Waals surface area (Å²) in [5.74, 6) is 0. The van der Waals surface area contributed by atoms with Gasteiger partial charge in [-0.25, -0.2) is 0 Å². The highest BCUT2D eigenvalue weighted by molar-refractivity contribution is 6.23. The van der Waals surface area contributed by atoms with Crippen molar-refractivity contribution in [3.8, 4) is 22.3 Å². The van der Waals surface area contributed by atoms with Gasteiger partial charge in [0.1, 0.15) is 0 Å². The Morgan fingerprint density at radius 2 is 1.12 bits per heavy atom. The van der Waals surface area contributed by atoms with Crippen LogP contribution in [-0.2, 0) is 6.42 Å². The molecule has 0 radical (unpaired) electrons. The lowest BCUT2D eigenvalue weighted by atomic mass is 9.83. The third-order valence-electron chi connectivity index (χ3n) is 11.5. The summed E-state index contributed by atoms with van der Waals surface area (Å²) in [7, 11) is 0. The molecule has 248 valence electrons. The maximum Gasteiger partial charge on any atom is 0.0443 e. The second-order valence-corrected chi connectivity index (χ2v) is 14.9. The number of aryl methyl sites for hydroxylation is 5. The lowest BCUT2D eigenvalue weighted by Crippen LogP contribution is -2.29. The number of benzene rings is 6. The van der Waals surface area contributed by atoms with E-state index in [0.29, 0.717) is 0 Å². The first-order valence-corrected chi connectivity index (χ1v) is 18.6. The molecule has 9 rings (SSSR count). The van der Waals surface area contributed by atoms with Gasteiger partial charge in [-0.05, 0) is 163 Å². The van der Waals surface area contributed by atoms with Crippen molar-refractivity contribution in [1.82, 2.24) is 0 Å². The minimum atomic E-state index is 1.03. The van der Waals surface area contributed by atoms with Gasteiger partial charge in [-0.1, -0.05) is 90.0 Å². The largest absolute Gasteiger partial charge is 0.345 e. The molecule has 2 aliphatic heterocycles. The number of fused-ring (bicyclic) bond motifs is 3. The van der Waals surface area contributed by atoms with E-state index in [0.717, 1.165) is 38.8 Å². The highest BCUT2D eigenvalue weighted by Gasteiger charge is 2.25. The van der Waals surface area contributed by atoms with Gasteiger partial charge in [0.05, 0.1) is 0 Å². The molecule has 6 aromatic carbocycles. The number of rotatable bonds is 4. The zero-order valence-electron chi connectivity index (χ0n) is 29.9. The Morgan fingerprint density at radius 1 is 0.520 bits per heavy atom. The van der Waals surface area contributed by atoms with Gasteiger partial charge in [0.25, 0.3) is 0 Å². The van der Waals surface area contributed by atoms with Crippen LogP contribution < -0.4 is 9.80 Å². The third kappa shape index (κ3) is 5.16. The molecule has 0 saturated carbocycles. The molecule has 0 spiro atoms. The molecule has 0 saturated heterocycles. The number of hydrogen-bond acceptors (Lipinski definition) is 2. The maximum absolute atomic E-state index is 2.63. The third-order valence-corrected chi connectivity index (χ3v) is 11.5. The smallest absolute Gasteiger partial charge is 0.0443 e. The SMILES string of the molecule is Cc1ccc(-c2c3ccc(N4CCCc5ccccc54)cc3c(-c3ccc(C)cc3C)c3ccc(N4CCCC5=C4CCC=C5)cc23)c(C)c1. The first kappa shape index (κ1) is 30.9. The van der Waals surface area contributed by atoms with Gasteiger partial charge in [-0.3, -0.25) is 0 Å². The van der Waals surface area contributed by atoms with Gasteiger partial charge in [0.2, 0.25) is 0 Å². The van der Waals surface area contributed by atoms with Gasteiger partial charge < -0.3 is 9.80 Å². The second kappa shape index (κ2) is 12.4. The second-order valence-electron chi connectivity index (χ2n) is 14.9. The predicted octanol–water partition coefficient (Wildman–Crippen LogP) is 12.8. The van der Waals surface area contributed by atoms with Crippen molar-refractivity contribution in [3.63, 3.8) is 0 Å². The highest BCUT2D eigenvalue weighted by Crippen LogP contribution is 2.48. The average Bonchev–Trinajstić information content (AvgIpc) is 3.14. The molecular formula is C48H46N2. The Labute approximate surface area is 297 Å². The monoisotopic (exact) mass is 650 g/mol. The molecule has 2 nitrogen and oxygen atoms in total. The molecular weight excluding hydrogens is 605 g/mol. The van der Waals surface area contributed by atoms with E-state index in [1.807, 2.05) is 0 Å². The molecule has 3 aliphatic rings. The molecule has 1 aliphatic carbocycles. The summed E-state index contributed by atoms with van der Waals surface area (Å²) in [4.78, 5) is 5.18. The quantitative estimate of drug-likeness (QED) is 0.175. The molecule has 0 aromatic heterocycles. The van der Waals surface area contributed by atoms with E-state index in [-0.39, 0.29) is 0 Å². The summed E-state index contributed by atoms with van der Waals surface area (Å²) < 4.78 is 0. The Morgan fingerprint density at radius 3 is 1.78 bits per heavy atom. The Bertz CT molecular complexity index is 2390. The Kier molecular flexibility index (Phi) is 7.65. The van der Waals surface area contributed by atoms with Gasteiger partial charge in [-0.15, -0.1) is 0 Å². The van der Waals surface area contributed by atoms with E-state index in [2.05, 4.69) is 147 Å². The van der Waals surface area contributed by atoms with E-state index in [4.69, 9.17) is 0 Å². The van der Waals surface area contributed by atoms with Gasteiger partial charge in [0, 0.05) is 35.8 Å². The lowest BCUT2D eigenvalue weighted by molar-refractivity contribution is 0.692. The van der Waals surface area contributed by atoms with E-state index in [1.165, 1.54) is 113 Å². The predicted molar refractivity (Wildman–Crippen MR) is 215 cm³/mol. The van der Waals surface area contributed by atoms with Crippen molar-refractivity contribution < 1.29 is 0 Å². The van der Waals surface area contributed by atoms with Crippen LogP contribution in [0.2, 0.25) is 0 Å². The fourth-order valence-corrected chi connectivity index (χ4v) is 9.20. The van der Waals surface area contributed by atoms with Crippen LogP contribution in [0.25, 0.3) is 43.8 Å². The number of para-hydroxylation sites is 1. The van der Waals surface area contributed by atoms with Crippen molar-refractivity contribution in [2.24, 2.45) is 0 Å². The van der Waals surface area contributed by atoms with E-state index in [9.17, 15) is 0 Å². The lowest BCUT2D eigenvalue weighted by Gasteiger charge is -2.35. The van der Waals surface area contributed by atoms with Gasteiger partial charge in [-0.2, -0.15) is 0 Å². The van der Waals surface area contributed by atoms with E-state index >= 15 is 0 Å². The molecule has 6 aromatic rings. The molecule has 2 heteroatoms. The van der Waals surface area contributed by atoms with Gasteiger partial charge in [0.15, 0.2) is 0 Å². The van der Waals surface area contributed by atoms with Crippen LogP contribution in [-0.4, -0.2) is 13.1 Å². The number of allylic oxidation sites excluding steroid dienone is 4. The summed E-state index contributed by atoms with van der Waals surface area (Å²) in [6.45, 7) is 11.1. The number of hydrogen-bond donors (Lipinski definition) is 0. The highest BCUT2D eigenvalue weighted by atomic mass is 15.2. The van der Waals surface area contributed by atoms with Crippen LogP contribution in [0.15, 0.2) is 120 Å². The normalized spacial score (nSPS) is 15.9. The molecule has 0 atom stereocenters. The average molecular weight is 651 g/mol. The van der Waals surface area contributed by atoms with E-state index in [1.54, 1.807) is 0 Å². The Hall–Kier alpha value is -5.08. The fraction of sp³-hybridized carbons (Fsp3) is 0.250. The minimum absolute atomic E-state index is 1.03. The molecule has 2 heterocycles. The summed E-state index contributed by atoms with van der Waals surface area (Å²) in [6, 6.07) is 37.7. The number of nitrogens with zero attached hydrogens (tertiary/aromatic N) is 2. The van der Waals surface area contributed by atoms with Crippen LogP contribution in [0.3, 0.4) is 0 Å². The van der Waals surface area contributed by atoms with Crippen LogP contribution in [0.4, 0.5) is 17.1 Å². The molecule has 0 bridgehead atoms. The maximum atomic E-state index is 2.63. The standard InChI is InChI=1S/C48H46N2/c1-31-17-21-39(33(3)27-31)47-41-23-19-38(50-26-10-14-36-12-6-8-16-46(36)50)30-44(41)48(40-22-18-32(2)28-34(40)4)42-24-20-37(29-43(42)47)49-25-9-13-35-11-5-7-15-45(35)49/h5-7,11-12,15,17-24,27-30H,8-10,13-14,16,25-26H2,1-4H3. The van der Waals surface area contributed by atoms with Gasteiger partial charge >= 0.3 is 0 Å². The molecule has 0 N–H and O–H groups in total. The summed E-state index contributed by atoms with van der Waals surface area (Å²) in [5.41, 5.74) is 19.0. The molecule has 50 heavy (non-hydrogen) atoms. The zero-order chi connectivity index (χ0) is 33.9. The van der Waals surface area contributed by atoms with Crippen molar-refractivity contribution in [3.05, 3.63) is 148 Å². The van der Waals surface area contributed by atoms with E-state index < -0.39 is 0 Å². The topological polar surface area (TPSA) is 6.48 Å². The minimum Gasteiger partial charge on any atom is -0.345 e. The molecule has 0 unspecified atom stereocenters. The molecule has 0 amide bonds. The molecule has 0 fully saturated rings. The van der Waals surface area contributed by atoms with Crippen molar-refractivity contribution in [1.29, 1.82) is 0 Å². The van der Waals surface area contributed by atoms with Crippen LogP contribution >= 0.6 is 0 Å². The van der Waals surface area contributed by atoms with Crippen LogP contribution in [0.1, 0.15) is 59.9 Å². The summed E-state index contributed by atoms with van der Waals surface area (Å²) in [6.07, 6.45) is 11.7. The first-order valence-electron chi connectivity index (χ1n) is 18.6. The first-order chi connectivity index (χ1) is 24.4. The van der Waals surface area contributed by atoms with Crippen molar-refractivity contribution >= 4 is 38.6 Å². The van der Waals surface area contributed by atoms with Crippen LogP contribution in [0.5, 0.6) is 0 Å².